The van der Waals surface area contributed by atoms with Gasteiger partial charge in [0, 0.05) is 0 Å². The molecule has 5 rings (SSSR count). The molecule has 236 valence electrons. The van der Waals surface area contributed by atoms with E-state index in [1.807, 2.05) is 0 Å². The van der Waals surface area contributed by atoms with Gasteiger partial charge in [-0.3, -0.25) is 0 Å². The minimum atomic E-state index is -4.11. The molecule has 1 aliphatic heterocycles. The predicted molar refractivity (Wildman–Crippen MR) is 175 cm³/mol. The zero-order valence-corrected chi connectivity index (χ0v) is 27.4. The van der Waals surface area contributed by atoms with Crippen LogP contribution in [0.25, 0.3) is 0 Å². The molecule has 0 radical (unpaired) electrons. The number of hydrogen-bond acceptors (Lipinski definition) is 13. The van der Waals surface area contributed by atoms with Gasteiger partial charge >= 0.3 is 257 Å². The second-order valence-electron chi connectivity index (χ2n) is 9.40. The molecule has 16 heteroatoms. The van der Waals surface area contributed by atoms with Crippen molar-refractivity contribution in [3.05, 3.63) is 97.1 Å². The normalized spacial score (nSPS) is 17.5. The fourth-order valence-corrected chi connectivity index (χ4v) is 15.0. The molecule has 0 unspecified atom stereocenters. The van der Waals surface area contributed by atoms with Crippen molar-refractivity contribution in [2.45, 2.75) is 0 Å². The molecular formula is C28H36N5O8P3. The van der Waals surface area contributed by atoms with Crippen LogP contribution in [0.2, 0.25) is 0 Å². The summed E-state index contributed by atoms with van der Waals surface area (Å²) in [6, 6.07) is 28.1. The van der Waals surface area contributed by atoms with E-state index in [0.29, 0.717) is 46.0 Å². The average molecular weight is 664 g/mol. The number of benzene rings is 4. The van der Waals surface area contributed by atoms with Crippen molar-refractivity contribution < 1.29 is 37.0 Å². The van der Waals surface area contributed by atoms with Gasteiger partial charge in [0.15, 0.2) is 0 Å². The summed E-state index contributed by atoms with van der Waals surface area (Å²) in [6.45, 7) is 0. The third-order valence-electron chi connectivity index (χ3n) is 6.15. The van der Waals surface area contributed by atoms with E-state index >= 15 is 0 Å². The first-order valence-corrected chi connectivity index (χ1v) is 18.7. The van der Waals surface area contributed by atoms with Crippen LogP contribution in [-0.4, -0.2) is 28.4 Å². The molecule has 1 aliphatic rings. The van der Waals surface area contributed by atoms with E-state index in [4.69, 9.17) is 52.6 Å². The van der Waals surface area contributed by atoms with Crippen molar-refractivity contribution in [3.8, 4) is 46.0 Å². The maximum atomic E-state index is 6.69. The van der Waals surface area contributed by atoms with E-state index in [0.717, 1.165) is 0 Å². The summed E-state index contributed by atoms with van der Waals surface area (Å²) in [4.78, 5) is 6.57. The van der Waals surface area contributed by atoms with Crippen LogP contribution in [0.15, 0.2) is 102 Å². The number of nitrogens with two attached hydrogens (primary N) is 2. The molecule has 6 N–H and O–H groups in total. The number of nitrogens with zero attached hydrogens (tertiary/aromatic N) is 1. The summed E-state index contributed by atoms with van der Waals surface area (Å²) in [5.74, 6) is 3.86. The predicted octanol–water partition coefficient (Wildman–Crippen LogP) is 6.21. The first kappa shape index (κ1) is 31.6. The van der Waals surface area contributed by atoms with E-state index < -0.39 is 23.5 Å². The van der Waals surface area contributed by atoms with Crippen molar-refractivity contribution in [2.75, 3.05) is 28.4 Å². The van der Waals surface area contributed by atoms with E-state index in [1.165, 1.54) is 0 Å². The molecule has 0 bridgehead atoms. The second kappa shape index (κ2) is 13.5. The van der Waals surface area contributed by atoms with Crippen LogP contribution in [0.4, 0.5) is 0 Å². The van der Waals surface area contributed by atoms with Gasteiger partial charge < -0.3 is 0 Å². The van der Waals surface area contributed by atoms with Crippen LogP contribution in [0.1, 0.15) is 0 Å². The quantitative estimate of drug-likeness (QED) is 0.127. The van der Waals surface area contributed by atoms with E-state index in [2.05, 4.69) is 9.72 Å². The summed E-state index contributed by atoms with van der Waals surface area (Å²) >= 11 is 0. The molecule has 44 heavy (non-hydrogen) atoms. The number of hydrogen-bond donors (Lipinski definition) is 4. The molecule has 0 atom stereocenters. The Balaban J connectivity index is 1.66. The Kier molecular flexibility index (Phi) is 9.68. The number of methoxy groups -OCH3 is 4. The van der Waals surface area contributed by atoms with Crippen LogP contribution in [0.3, 0.4) is 0 Å². The Bertz CT molecular complexity index is 1560. The average Bonchev–Trinajstić information content (AvgIpc) is 3.00. The first-order valence-electron chi connectivity index (χ1n) is 13.3. The van der Waals surface area contributed by atoms with Crippen LogP contribution < -0.4 is 57.8 Å². The Morgan fingerprint density at radius 1 is 0.523 bits per heavy atom. The molecule has 1 heterocycles. The summed E-state index contributed by atoms with van der Waals surface area (Å²) in [7, 11) is -5.27. The number of rotatable bonds is 12. The van der Waals surface area contributed by atoms with Crippen LogP contribution in [-0.2, 0) is 0 Å². The Labute approximate surface area is 257 Å². The zero-order valence-electron chi connectivity index (χ0n) is 24.6. The van der Waals surface area contributed by atoms with Gasteiger partial charge in [0.05, 0.1) is 0 Å². The summed E-state index contributed by atoms with van der Waals surface area (Å²) < 4.78 is 52.9. The van der Waals surface area contributed by atoms with Crippen molar-refractivity contribution in [2.24, 2.45) is 15.5 Å². The molecule has 0 aromatic heterocycles. The summed E-state index contributed by atoms with van der Waals surface area (Å²) in [5, 5.41) is 0. The molecule has 0 saturated carbocycles. The fourth-order valence-electron chi connectivity index (χ4n) is 4.28. The Morgan fingerprint density at radius 3 is 1.18 bits per heavy atom. The molecule has 0 spiro atoms. The van der Waals surface area contributed by atoms with Gasteiger partial charge in [-0.2, -0.15) is 0 Å². The second-order valence-corrected chi connectivity index (χ2v) is 16.8. The SMILES string of the molecule is COc1cccc(O[PH]2(Oc3cccc(OC)c3)N=P(N)(N)N[PH](Oc3cccc(OC)c3)(Oc3cccc(OC)c3)N2)c1. The molecule has 0 saturated heterocycles. The number of nitrogens with one attached hydrogen (secondary N) is 2. The van der Waals surface area contributed by atoms with Gasteiger partial charge in [0.2, 0.25) is 0 Å². The summed E-state index contributed by atoms with van der Waals surface area (Å²) in [5.41, 5.74) is 13.4. The molecular weight excluding hydrogens is 627 g/mol. The van der Waals surface area contributed by atoms with Gasteiger partial charge in [0.25, 0.3) is 0 Å². The summed E-state index contributed by atoms with van der Waals surface area (Å²) in [6.07, 6.45) is 0. The van der Waals surface area contributed by atoms with E-state index in [1.54, 1.807) is 126 Å². The van der Waals surface area contributed by atoms with Crippen LogP contribution >= 0.6 is 23.5 Å². The Hall–Kier alpha value is -3.79. The first-order chi connectivity index (χ1) is 21.2. The molecule has 4 aromatic rings. The number of ether oxygens (including phenoxy) is 4. The van der Waals surface area contributed by atoms with Crippen molar-refractivity contribution in [1.29, 1.82) is 0 Å². The minimum absolute atomic E-state index is 0.391. The van der Waals surface area contributed by atoms with Gasteiger partial charge in [-0.25, -0.2) is 0 Å². The third kappa shape index (κ3) is 7.83. The van der Waals surface area contributed by atoms with Crippen molar-refractivity contribution in [3.63, 3.8) is 0 Å². The molecule has 0 fully saturated rings. The Morgan fingerprint density at radius 2 is 0.841 bits per heavy atom. The van der Waals surface area contributed by atoms with Crippen LogP contribution in [0, 0.1) is 0 Å². The van der Waals surface area contributed by atoms with Crippen molar-refractivity contribution in [1.82, 2.24) is 9.72 Å². The molecule has 4 aromatic carbocycles. The molecule has 13 nitrogen and oxygen atoms in total. The van der Waals surface area contributed by atoms with Crippen molar-refractivity contribution >= 4 is 23.5 Å². The van der Waals surface area contributed by atoms with Gasteiger partial charge in [-0.1, -0.05) is 0 Å². The monoisotopic (exact) mass is 663 g/mol. The topological polar surface area (TPSA) is 162 Å². The standard InChI is InChI=1S/C28H36N5O8P3/c1-34-21-9-5-13-25(17-21)38-43(39-26-14-6-10-22(18-26)35-2)31-42(29,30)32-44(33-43,40-27-15-7-11-23(19-27)36-3)41-28-16-8-12-24(20-28)37-4/h5-20,31,33,43-44H,29-30H2,1-4H3. The van der Waals surface area contributed by atoms with Crippen LogP contribution in [0.5, 0.6) is 46.0 Å². The zero-order chi connectivity index (χ0) is 31.2. The fraction of sp³-hybridized carbons (Fsp3) is 0.143. The maximum absolute atomic E-state index is 6.69. The molecule has 0 amide bonds. The van der Waals surface area contributed by atoms with E-state index in [-0.39, 0.29) is 0 Å². The van der Waals surface area contributed by atoms with Gasteiger partial charge in [0.1, 0.15) is 0 Å². The van der Waals surface area contributed by atoms with Gasteiger partial charge in [-0.05, 0) is 0 Å². The van der Waals surface area contributed by atoms with E-state index in [9.17, 15) is 0 Å². The van der Waals surface area contributed by atoms with Gasteiger partial charge in [-0.15, -0.1) is 0 Å². The molecule has 0 aliphatic carbocycles. The third-order valence-corrected chi connectivity index (χ3v) is 15.8.